The smallest absolute Gasteiger partial charge is 0.164 e. The maximum absolute atomic E-state index is 6.68. The maximum Gasteiger partial charge on any atom is 0.164 e. The third-order valence-corrected chi connectivity index (χ3v) is 10.5. The Kier molecular flexibility index (Phi) is 7.42. The fourth-order valence-electron chi connectivity index (χ4n) is 7.81. The van der Waals surface area contributed by atoms with Crippen LogP contribution in [0.25, 0.3) is 111 Å². The minimum atomic E-state index is 0.587. The van der Waals surface area contributed by atoms with E-state index in [0.29, 0.717) is 17.5 Å². The quantitative estimate of drug-likeness (QED) is 0.171. The van der Waals surface area contributed by atoms with Crippen molar-refractivity contribution in [3.05, 3.63) is 188 Å². The zero-order chi connectivity index (χ0) is 37.0. The molecule has 11 aromatic rings. The number of furan rings is 2. The van der Waals surface area contributed by atoms with Crippen molar-refractivity contribution in [2.75, 3.05) is 0 Å². The van der Waals surface area contributed by atoms with Gasteiger partial charge < -0.3 is 8.83 Å². The van der Waals surface area contributed by atoms with E-state index in [0.717, 1.165) is 82.8 Å². The number of hydrogen-bond acceptors (Lipinski definition) is 5. The van der Waals surface area contributed by atoms with E-state index in [9.17, 15) is 0 Å². The van der Waals surface area contributed by atoms with Crippen molar-refractivity contribution in [2.24, 2.45) is 0 Å². The summed E-state index contributed by atoms with van der Waals surface area (Å²) in [6.07, 6.45) is 0. The van der Waals surface area contributed by atoms with E-state index in [4.69, 9.17) is 23.8 Å². The lowest BCUT2D eigenvalue weighted by molar-refractivity contribution is 0.669. The number of rotatable bonds is 6. The van der Waals surface area contributed by atoms with Crippen LogP contribution in [0.15, 0.2) is 197 Å². The van der Waals surface area contributed by atoms with Crippen molar-refractivity contribution in [1.29, 1.82) is 0 Å². The van der Waals surface area contributed by atoms with Gasteiger partial charge in [0.1, 0.15) is 22.3 Å². The van der Waals surface area contributed by atoms with Gasteiger partial charge >= 0.3 is 0 Å². The molecule has 5 heteroatoms. The molecular formula is C51H31N3O2. The van der Waals surface area contributed by atoms with Crippen molar-refractivity contribution in [3.8, 4) is 67.5 Å². The van der Waals surface area contributed by atoms with E-state index in [1.54, 1.807) is 0 Å². The SMILES string of the molecule is c1ccc(-c2cccc(-c3ccc(-c4ccc5oc6cc(-c7nc(-c8ccccc8)nc(-c8ccccc8)n7)ccc6c5c4)c4c3oc3ccccc34)c2)cc1. The first-order valence-electron chi connectivity index (χ1n) is 18.7. The molecule has 0 fully saturated rings. The average Bonchev–Trinajstić information content (AvgIpc) is 3.85. The minimum Gasteiger partial charge on any atom is -0.456 e. The van der Waals surface area contributed by atoms with Crippen LogP contribution in [-0.4, -0.2) is 15.0 Å². The Morgan fingerprint density at radius 2 is 0.839 bits per heavy atom. The molecule has 0 aliphatic rings. The molecule has 0 spiro atoms. The molecule has 3 heterocycles. The van der Waals surface area contributed by atoms with Crippen LogP contribution in [-0.2, 0) is 0 Å². The number of fused-ring (bicyclic) bond motifs is 6. The molecule has 0 atom stereocenters. The Labute approximate surface area is 322 Å². The van der Waals surface area contributed by atoms with Crippen LogP contribution >= 0.6 is 0 Å². The Hall–Kier alpha value is -7.63. The van der Waals surface area contributed by atoms with Crippen molar-refractivity contribution in [3.63, 3.8) is 0 Å². The molecule has 0 radical (unpaired) electrons. The van der Waals surface area contributed by atoms with Gasteiger partial charge in [0.05, 0.1) is 0 Å². The van der Waals surface area contributed by atoms with E-state index in [-0.39, 0.29) is 0 Å². The summed E-state index contributed by atoms with van der Waals surface area (Å²) >= 11 is 0. The molecule has 0 unspecified atom stereocenters. The molecular weight excluding hydrogens is 687 g/mol. The van der Waals surface area contributed by atoms with Crippen molar-refractivity contribution < 1.29 is 8.83 Å². The Bertz CT molecular complexity index is 3180. The van der Waals surface area contributed by atoms with Gasteiger partial charge in [-0.25, -0.2) is 15.0 Å². The molecule has 8 aromatic carbocycles. The number of aromatic nitrogens is 3. The van der Waals surface area contributed by atoms with Crippen LogP contribution in [0.2, 0.25) is 0 Å². The molecule has 56 heavy (non-hydrogen) atoms. The molecule has 0 bridgehead atoms. The second kappa shape index (κ2) is 13.0. The highest BCUT2D eigenvalue weighted by Crippen LogP contribution is 2.44. The fraction of sp³-hybridized carbons (Fsp3) is 0. The van der Waals surface area contributed by atoms with Gasteiger partial charge in [0.2, 0.25) is 0 Å². The number of para-hydroxylation sites is 1. The molecule has 11 rings (SSSR count). The highest BCUT2D eigenvalue weighted by Gasteiger charge is 2.19. The molecule has 0 N–H and O–H groups in total. The van der Waals surface area contributed by atoms with Gasteiger partial charge in [0.25, 0.3) is 0 Å². The lowest BCUT2D eigenvalue weighted by Crippen LogP contribution is -2.00. The van der Waals surface area contributed by atoms with Gasteiger partial charge in [-0.3, -0.25) is 0 Å². The van der Waals surface area contributed by atoms with E-state index >= 15 is 0 Å². The molecule has 0 amide bonds. The molecule has 3 aromatic heterocycles. The van der Waals surface area contributed by atoms with Gasteiger partial charge in [-0.05, 0) is 70.3 Å². The fourth-order valence-corrected chi connectivity index (χ4v) is 7.81. The number of hydrogen-bond donors (Lipinski definition) is 0. The summed E-state index contributed by atoms with van der Waals surface area (Å²) in [6, 6.07) is 64.6. The Balaban J connectivity index is 1.03. The first kappa shape index (κ1) is 31.9. The standard InChI is InChI=1S/C51H31N3O2/c1-4-13-32(14-5-1)35-19-12-20-36(29-35)40-27-26-39(47-42-21-10-11-22-44(42)56-48(40)47)37-24-28-45-43(30-37)41-25-23-38(31-46(41)55-45)51-53-49(33-15-6-2-7-16-33)52-50(54-51)34-17-8-3-9-18-34/h1-31H. The molecule has 0 saturated carbocycles. The summed E-state index contributed by atoms with van der Waals surface area (Å²) < 4.78 is 13.2. The second-order valence-corrected chi connectivity index (χ2v) is 14.0. The molecule has 5 nitrogen and oxygen atoms in total. The van der Waals surface area contributed by atoms with Crippen LogP contribution in [0, 0.1) is 0 Å². The van der Waals surface area contributed by atoms with Crippen LogP contribution in [0.5, 0.6) is 0 Å². The summed E-state index contributed by atoms with van der Waals surface area (Å²) in [4.78, 5) is 14.7. The van der Waals surface area contributed by atoms with Crippen molar-refractivity contribution in [1.82, 2.24) is 15.0 Å². The maximum atomic E-state index is 6.68. The normalized spacial score (nSPS) is 11.6. The minimum absolute atomic E-state index is 0.587. The lowest BCUT2D eigenvalue weighted by Gasteiger charge is -2.10. The van der Waals surface area contributed by atoms with E-state index in [1.807, 2.05) is 84.9 Å². The Morgan fingerprint density at radius 1 is 0.286 bits per heavy atom. The van der Waals surface area contributed by atoms with Crippen LogP contribution in [0.3, 0.4) is 0 Å². The highest BCUT2D eigenvalue weighted by atomic mass is 16.3. The Morgan fingerprint density at radius 3 is 1.57 bits per heavy atom. The van der Waals surface area contributed by atoms with Crippen LogP contribution < -0.4 is 0 Å². The van der Waals surface area contributed by atoms with Gasteiger partial charge in [-0.15, -0.1) is 0 Å². The lowest BCUT2D eigenvalue weighted by atomic mass is 9.93. The monoisotopic (exact) mass is 717 g/mol. The van der Waals surface area contributed by atoms with Crippen molar-refractivity contribution >= 4 is 43.9 Å². The largest absolute Gasteiger partial charge is 0.456 e. The summed E-state index contributed by atoms with van der Waals surface area (Å²) in [7, 11) is 0. The predicted octanol–water partition coefficient (Wildman–Crippen LogP) is 13.7. The third-order valence-electron chi connectivity index (χ3n) is 10.5. The molecule has 0 aliphatic heterocycles. The average molecular weight is 718 g/mol. The summed E-state index contributed by atoms with van der Waals surface area (Å²) in [5.74, 6) is 1.83. The number of benzene rings is 8. The zero-order valence-corrected chi connectivity index (χ0v) is 30.1. The third kappa shape index (κ3) is 5.45. The van der Waals surface area contributed by atoms with Gasteiger partial charge in [0.15, 0.2) is 17.5 Å². The highest BCUT2D eigenvalue weighted by molar-refractivity contribution is 6.17. The van der Waals surface area contributed by atoms with Gasteiger partial charge in [-0.2, -0.15) is 0 Å². The second-order valence-electron chi connectivity index (χ2n) is 14.0. The predicted molar refractivity (Wildman–Crippen MR) is 227 cm³/mol. The van der Waals surface area contributed by atoms with Crippen LogP contribution in [0.1, 0.15) is 0 Å². The summed E-state index contributed by atoms with van der Waals surface area (Å²) in [5.41, 5.74) is 12.7. The molecule has 262 valence electrons. The van der Waals surface area contributed by atoms with E-state index < -0.39 is 0 Å². The first-order chi connectivity index (χ1) is 27.7. The first-order valence-corrected chi connectivity index (χ1v) is 18.7. The van der Waals surface area contributed by atoms with Crippen molar-refractivity contribution in [2.45, 2.75) is 0 Å². The summed E-state index contributed by atoms with van der Waals surface area (Å²) in [5, 5.41) is 4.24. The zero-order valence-electron chi connectivity index (χ0n) is 30.1. The van der Waals surface area contributed by atoms with Crippen LogP contribution in [0.4, 0.5) is 0 Å². The summed E-state index contributed by atoms with van der Waals surface area (Å²) in [6.45, 7) is 0. The molecule has 0 saturated heterocycles. The number of nitrogens with zero attached hydrogens (tertiary/aromatic N) is 3. The van der Waals surface area contributed by atoms with E-state index in [2.05, 4.69) is 103 Å². The molecule has 0 aliphatic carbocycles. The van der Waals surface area contributed by atoms with Gasteiger partial charge in [-0.1, -0.05) is 146 Å². The topological polar surface area (TPSA) is 65.0 Å². The van der Waals surface area contributed by atoms with E-state index in [1.165, 1.54) is 11.1 Å². The van der Waals surface area contributed by atoms with Gasteiger partial charge in [0, 0.05) is 43.8 Å².